The summed E-state index contributed by atoms with van der Waals surface area (Å²) in [5, 5.41) is 6.35. The van der Waals surface area contributed by atoms with Crippen molar-refractivity contribution in [1.29, 1.82) is 0 Å². The van der Waals surface area contributed by atoms with Crippen LogP contribution in [0.1, 0.15) is 25.0 Å². The third kappa shape index (κ3) is 4.25. The lowest BCUT2D eigenvalue weighted by Crippen LogP contribution is -2.52. The molecule has 1 unspecified atom stereocenters. The number of amides is 1. The average Bonchev–Trinajstić information content (AvgIpc) is 2.85. The van der Waals surface area contributed by atoms with Crippen molar-refractivity contribution in [1.82, 2.24) is 10.6 Å². The van der Waals surface area contributed by atoms with Gasteiger partial charge >= 0.3 is 0 Å². The fourth-order valence-corrected chi connectivity index (χ4v) is 3.19. The number of nitrogens with one attached hydrogen (secondary N) is 2. The molecule has 0 spiro atoms. The molecule has 1 amide bonds. The Morgan fingerprint density at radius 1 is 1.42 bits per heavy atom. The third-order valence-electron chi connectivity index (χ3n) is 3.26. The van der Waals surface area contributed by atoms with Crippen molar-refractivity contribution in [2.24, 2.45) is 0 Å². The number of hydrogen-bond donors (Lipinski definition) is 2. The molecule has 0 saturated carbocycles. The Balaban J connectivity index is 1.93. The van der Waals surface area contributed by atoms with E-state index >= 15 is 0 Å². The van der Waals surface area contributed by atoms with E-state index in [1.54, 1.807) is 11.8 Å². The van der Waals surface area contributed by atoms with Crippen LogP contribution in [0.2, 0.25) is 0 Å². The van der Waals surface area contributed by atoms with E-state index in [4.69, 9.17) is 0 Å². The summed E-state index contributed by atoms with van der Waals surface area (Å²) in [7, 11) is 0. The maximum atomic E-state index is 12.1. The molecule has 104 valence electrons. The highest BCUT2D eigenvalue weighted by atomic mass is 32.2. The summed E-state index contributed by atoms with van der Waals surface area (Å²) < 4.78 is 0. The molecule has 19 heavy (non-hydrogen) atoms. The Bertz CT molecular complexity index is 436. The molecule has 1 aliphatic rings. The fraction of sp³-hybridized carbons (Fsp3) is 0.533. The van der Waals surface area contributed by atoms with E-state index < -0.39 is 0 Å². The second-order valence-electron chi connectivity index (χ2n) is 5.81. The van der Waals surface area contributed by atoms with E-state index in [-0.39, 0.29) is 17.5 Å². The van der Waals surface area contributed by atoms with Gasteiger partial charge in [0.1, 0.15) is 0 Å². The molecule has 1 aromatic rings. The van der Waals surface area contributed by atoms with Gasteiger partial charge in [-0.2, -0.15) is 0 Å². The molecule has 1 fully saturated rings. The number of rotatable bonds is 4. The highest BCUT2D eigenvalue weighted by Gasteiger charge is 2.28. The Hall–Kier alpha value is -1.00. The molecular formula is C15H22N2OS. The number of aryl methyl sites for hydroxylation is 1. The summed E-state index contributed by atoms with van der Waals surface area (Å²) in [6.07, 6.45) is 0.846. The molecule has 1 aliphatic heterocycles. The molecule has 3 nitrogen and oxygen atoms in total. The molecule has 4 heteroatoms. The van der Waals surface area contributed by atoms with Crippen LogP contribution in [-0.4, -0.2) is 29.1 Å². The van der Waals surface area contributed by atoms with Crippen LogP contribution in [0.4, 0.5) is 0 Å². The lowest BCUT2D eigenvalue weighted by atomic mass is 9.94. The summed E-state index contributed by atoms with van der Waals surface area (Å²) in [5.74, 6) is 1.85. The minimum Gasteiger partial charge on any atom is -0.350 e. The quantitative estimate of drug-likeness (QED) is 0.886. The number of benzene rings is 1. The van der Waals surface area contributed by atoms with Gasteiger partial charge < -0.3 is 5.32 Å². The molecule has 0 aliphatic carbocycles. The standard InChI is InChI=1S/C15H22N2OS/c1-11-4-6-12(7-5-11)8-15(2,3)17-14(18)13-9-19-10-16-13/h4-7,13,16H,8-10H2,1-3H3,(H,17,18). The number of carbonyl (C=O) groups is 1. The van der Waals surface area contributed by atoms with Crippen molar-refractivity contribution in [3.8, 4) is 0 Å². The summed E-state index contributed by atoms with van der Waals surface area (Å²) >= 11 is 1.77. The van der Waals surface area contributed by atoms with Crippen LogP contribution in [0.3, 0.4) is 0 Å². The second kappa shape index (κ2) is 5.97. The zero-order valence-electron chi connectivity index (χ0n) is 11.8. The lowest BCUT2D eigenvalue weighted by molar-refractivity contribution is -0.124. The summed E-state index contributed by atoms with van der Waals surface area (Å²) in [6.45, 7) is 6.24. The van der Waals surface area contributed by atoms with Crippen LogP contribution in [-0.2, 0) is 11.2 Å². The van der Waals surface area contributed by atoms with E-state index in [2.05, 4.69) is 55.7 Å². The van der Waals surface area contributed by atoms with Crippen LogP contribution in [0.5, 0.6) is 0 Å². The van der Waals surface area contributed by atoms with E-state index in [9.17, 15) is 4.79 Å². The minimum absolute atomic E-state index is 0.0395. The van der Waals surface area contributed by atoms with Crippen LogP contribution < -0.4 is 10.6 Å². The van der Waals surface area contributed by atoms with Crippen LogP contribution in [0.15, 0.2) is 24.3 Å². The molecule has 1 heterocycles. The number of carbonyl (C=O) groups excluding carboxylic acids is 1. The predicted octanol–water partition coefficient (Wildman–Crippen LogP) is 2.09. The Morgan fingerprint density at radius 3 is 2.68 bits per heavy atom. The first-order valence-corrected chi connectivity index (χ1v) is 7.80. The lowest BCUT2D eigenvalue weighted by Gasteiger charge is -2.28. The molecule has 2 N–H and O–H groups in total. The van der Waals surface area contributed by atoms with Gasteiger partial charge in [-0.15, -0.1) is 11.8 Å². The fourth-order valence-electron chi connectivity index (χ4n) is 2.24. The smallest absolute Gasteiger partial charge is 0.238 e. The Labute approximate surface area is 119 Å². The van der Waals surface area contributed by atoms with Gasteiger partial charge in [0.05, 0.1) is 6.04 Å². The van der Waals surface area contributed by atoms with Gasteiger partial charge in [0.25, 0.3) is 0 Å². The van der Waals surface area contributed by atoms with Crippen molar-refractivity contribution >= 4 is 17.7 Å². The Kier molecular flexibility index (Phi) is 4.53. The highest BCUT2D eigenvalue weighted by molar-refractivity contribution is 7.99. The van der Waals surface area contributed by atoms with Gasteiger partial charge in [0, 0.05) is 17.2 Å². The van der Waals surface area contributed by atoms with Gasteiger partial charge in [-0.3, -0.25) is 10.1 Å². The molecule has 1 atom stereocenters. The van der Waals surface area contributed by atoms with Crippen molar-refractivity contribution in [3.05, 3.63) is 35.4 Å². The van der Waals surface area contributed by atoms with E-state index in [0.717, 1.165) is 18.1 Å². The average molecular weight is 278 g/mol. The van der Waals surface area contributed by atoms with Gasteiger partial charge in [-0.25, -0.2) is 0 Å². The maximum Gasteiger partial charge on any atom is 0.238 e. The first kappa shape index (κ1) is 14.4. The molecule has 1 aromatic carbocycles. The van der Waals surface area contributed by atoms with Gasteiger partial charge in [0.2, 0.25) is 5.91 Å². The van der Waals surface area contributed by atoms with E-state index in [1.807, 2.05) is 0 Å². The molecule has 0 bridgehead atoms. The topological polar surface area (TPSA) is 41.1 Å². The van der Waals surface area contributed by atoms with Gasteiger partial charge in [-0.1, -0.05) is 29.8 Å². The monoisotopic (exact) mass is 278 g/mol. The van der Waals surface area contributed by atoms with Crippen LogP contribution in [0, 0.1) is 6.92 Å². The molecule has 0 aromatic heterocycles. The first-order valence-electron chi connectivity index (χ1n) is 6.65. The maximum absolute atomic E-state index is 12.1. The number of thioether (sulfide) groups is 1. The van der Waals surface area contributed by atoms with E-state index in [1.165, 1.54) is 11.1 Å². The van der Waals surface area contributed by atoms with Crippen molar-refractivity contribution in [2.75, 3.05) is 11.6 Å². The van der Waals surface area contributed by atoms with E-state index in [0.29, 0.717) is 0 Å². The Morgan fingerprint density at radius 2 is 2.11 bits per heavy atom. The zero-order chi connectivity index (χ0) is 13.9. The predicted molar refractivity (Wildman–Crippen MR) is 81.4 cm³/mol. The highest BCUT2D eigenvalue weighted by Crippen LogP contribution is 2.15. The molecule has 2 rings (SSSR count). The van der Waals surface area contributed by atoms with Crippen molar-refractivity contribution in [2.45, 2.75) is 38.8 Å². The van der Waals surface area contributed by atoms with Crippen molar-refractivity contribution < 1.29 is 4.79 Å². The second-order valence-corrected chi connectivity index (χ2v) is 6.84. The van der Waals surface area contributed by atoms with Gasteiger partial charge in [-0.05, 0) is 32.8 Å². The van der Waals surface area contributed by atoms with Crippen LogP contribution in [0.25, 0.3) is 0 Å². The summed E-state index contributed by atoms with van der Waals surface area (Å²) in [6, 6.07) is 8.45. The number of hydrogen-bond acceptors (Lipinski definition) is 3. The SMILES string of the molecule is Cc1ccc(CC(C)(C)NC(=O)C2CSCN2)cc1. The van der Waals surface area contributed by atoms with Crippen LogP contribution >= 0.6 is 11.8 Å². The molecule has 1 saturated heterocycles. The largest absolute Gasteiger partial charge is 0.350 e. The zero-order valence-corrected chi connectivity index (χ0v) is 12.6. The van der Waals surface area contributed by atoms with Gasteiger partial charge in [0.15, 0.2) is 0 Å². The summed E-state index contributed by atoms with van der Waals surface area (Å²) in [4.78, 5) is 12.1. The minimum atomic E-state index is -0.221. The summed E-state index contributed by atoms with van der Waals surface area (Å²) in [5.41, 5.74) is 2.30. The molecular weight excluding hydrogens is 256 g/mol. The molecule has 0 radical (unpaired) electrons. The van der Waals surface area contributed by atoms with Crippen molar-refractivity contribution in [3.63, 3.8) is 0 Å². The first-order chi connectivity index (χ1) is 8.96. The normalized spacial score (nSPS) is 19.4. The third-order valence-corrected chi connectivity index (χ3v) is 4.20.